The van der Waals surface area contributed by atoms with E-state index in [1.165, 1.54) is 20.3 Å². The molecule has 168 valence electrons. The van der Waals surface area contributed by atoms with E-state index in [0.717, 1.165) is 11.8 Å². The number of esters is 1. The number of aliphatic imine (C=N–C) groups is 1. The van der Waals surface area contributed by atoms with Gasteiger partial charge in [-0.05, 0) is 55.0 Å². The van der Waals surface area contributed by atoms with Gasteiger partial charge in [-0.25, -0.2) is 9.79 Å². The maximum Gasteiger partial charge on any atom is 0.344 e. The SMILES string of the molecule is CCOC(=O)C1=C(O)/C(=C\c2cc(O)c(OC)c(OC)c2)SC1=Nc1ccc(OC)cc1. The first-order chi connectivity index (χ1) is 15.4. The van der Waals surface area contributed by atoms with Crippen LogP contribution < -0.4 is 14.2 Å². The third-order valence-corrected chi connectivity index (χ3v) is 5.47. The van der Waals surface area contributed by atoms with Crippen LogP contribution in [-0.4, -0.2) is 49.2 Å². The number of ether oxygens (including phenoxy) is 4. The van der Waals surface area contributed by atoms with Gasteiger partial charge in [-0.15, -0.1) is 0 Å². The van der Waals surface area contributed by atoms with E-state index in [1.807, 2.05) is 0 Å². The third-order valence-electron chi connectivity index (χ3n) is 4.45. The number of carbonyl (C=O) groups excluding carboxylic acids is 1. The molecule has 32 heavy (non-hydrogen) atoms. The number of aliphatic hydroxyl groups is 1. The molecule has 2 aromatic rings. The summed E-state index contributed by atoms with van der Waals surface area (Å²) in [6, 6.07) is 10.1. The zero-order valence-corrected chi connectivity index (χ0v) is 18.9. The van der Waals surface area contributed by atoms with Crippen molar-refractivity contribution in [1.82, 2.24) is 0 Å². The molecule has 0 saturated heterocycles. The van der Waals surface area contributed by atoms with E-state index in [2.05, 4.69) is 4.99 Å². The minimum Gasteiger partial charge on any atom is -0.506 e. The van der Waals surface area contributed by atoms with E-state index in [-0.39, 0.29) is 29.4 Å². The third kappa shape index (κ3) is 4.83. The molecule has 1 heterocycles. The van der Waals surface area contributed by atoms with Crippen LogP contribution in [0.15, 0.2) is 57.6 Å². The Balaban J connectivity index is 2.05. The van der Waals surface area contributed by atoms with Crippen LogP contribution >= 0.6 is 11.8 Å². The van der Waals surface area contributed by atoms with Crippen LogP contribution in [0.1, 0.15) is 12.5 Å². The molecule has 0 atom stereocenters. The van der Waals surface area contributed by atoms with Crippen LogP contribution in [0.5, 0.6) is 23.0 Å². The summed E-state index contributed by atoms with van der Waals surface area (Å²) in [4.78, 5) is 17.4. The molecule has 0 fully saturated rings. The Hall–Kier alpha value is -3.59. The van der Waals surface area contributed by atoms with Crippen molar-refractivity contribution in [2.75, 3.05) is 27.9 Å². The molecule has 9 heteroatoms. The number of methoxy groups -OCH3 is 3. The molecule has 2 aromatic carbocycles. The highest BCUT2D eigenvalue weighted by Crippen LogP contribution is 2.42. The van der Waals surface area contributed by atoms with Crippen molar-refractivity contribution in [2.45, 2.75) is 6.92 Å². The Labute approximate surface area is 189 Å². The smallest absolute Gasteiger partial charge is 0.344 e. The highest BCUT2D eigenvalue weighted by atomic mass is 32.2. The number of benzene rings is 2. The number of hydrogen-bond donors (Lipinski definition) is 2. The predicted octanol–water partition coefficient (Wildman–Crippen LogP) is 4.61. The fourth-order valence-electron chi connectivity index (χ4n) is 2.97. The lowest BCUT2D eigenvalue weighted by molar-refractivity contribution is -0.138. The van der Waals surface area contributed by atoms with Crippen LogP contribution in [-0.2, 0) is 9.53 Å². The molecular weight excluding hydrogens is 434 g/mol. The second-order valence-electron chi connectivity index (χ2n) is 6.45. The molecular formula is C23H23NO7S. The van der Waals surface area contributed by atoms with Crippen molar-refractivity contribution in [3.63, 3.8) is 0 Å². The first-order valence-corrected chi connectivity index (χ1v) is 10.4. The second-order valence-corrected chi connectivity index (χ2v) is 7.48. The minimum atomic E-state index is -0.677. The maximum absolute atomic E-state index is 12.5. The average molecular weight is 458 g/mol. The summed E-state index contributed by atoms with van der Waals surface area (Å²) in [6.45, 7) is 1.83. The molecule has 0 spiro atoms. The first kappa shape index (κ1) is 23.1. The van der Waals surface area contributed by atoms with Gasteiger partial charge in [-0.1, -0.05) is 11.8 Å². The lowest BCUT2D eigenvalue weighted by Gasteiger charge is -2.10. The molecule has 0 saturated carbocycles. The van der Waals surface area contributed by atoms with Gasteiger partial charge in [0.25, 0.3) is 0 Å². The molecule has 8 nitrogen and oxygen atoms in total. The summed E-state index contributed by atoms with van der Waals surface area (Å²) in [5.74, 6) is 0.137. The lowest BCUT2D eigenvalue weighted by Crippen LogP contribution is -2.12. The largest absolute Gasteiger partial charge is 0.506 e. The van der Waals surface area contributed by atoms with Gasteiger partial charge in [0.2, 0.25) is 5.75 Å². The lowest BCUT2D eigenvalue weighted by atomic mass is 10.1. The van der Waals surface area contributed by atoms with Crippen LogP contribution in [0.2, 0.25) is 0 Å². The molecule has 3 rings (SSSR count). The number of thioether (sulfide) groups is 1. The molecule has 0 aromatic heterocycles. The second kappa shape index (κ2) is 10.1. The topological polar surface area (TPSA) is 107 Å². The summed E-state index contributed by atoms with van der Waals surface area (Å²) in [7, 11) is 4.44. The van der Waals surface area contributed by atoms with Gasteiger partial charge in [0.15, 0.2) is 11.5 Å². The molecule has 0 radical (unpaired) electrons. The van der Waals surface area contributed by atoms with E-state index in [4.69, 9.17) is 18.9 Å². The number of rotatable bonds is 7. The number of aromatic hydroxyl groups is 1. The monoisotopic (exact) mass is 457 g/mol. The Kier molecular flexibility index (Phi) is 7.32. The highest BCUT2D eigenvalue weighted by molar-refractivity contribution is 8.18. The molecule has 2 N–H and O–H groups in total. The Bertz CT molecular complexity index is 1100. The van der Waals surface area contributed by atoms with E-state index in [9.17, 15) is 15.0 Å². The number of phenolic OH excluding ortho intramolecular Hbond substituents is 1. The van der Waals surface area contributed by atoms with Crippen molar-refractivity contribution in [1.29, 1.82) is 0 Å². The summed E-state index contributed by atoms with van der Waals surface area (Å²) in [6.07, 6.45) is 1.61. The van der Waals surface area contributed by atoms with Crippen LogP contribution in [0.25, 0.3) is 6.08 Å². The van der Waals surface area contributed by atoms with Crippen molar-refractivity contribution in [3.05, 3.63) is 58.2 Å². The molecule has 0 amide bonds. The van der Waals surface area contributed by atoms with Gasteiger partial charge in [0.1, 0.15) is 22.1 Å². The van der Waals surface area contributed by atoms with Crippen molar-refractivity contribution >= 4 is 34.5 Å². The fourth-order valence-corrected chi connectivity index (χ4v) is 4.00. The Morgan fingerprint density at radius 3 is 2.38 bits per heavy atom. The summed E-state index contributed by atoms with van der Waals surface area (Å²) in [5.41, 5.74) is 1.08. The molecule has 0 unspecified atom stereocenters. The molecule has 0 bridgehead atoms. The van der Waals surface area contributed by atoms with Gasteiger partial charge in [-0.3, -0.25) is 0 Å². The van der Waals surface area contributed by atoms with Gasteiger partial charge in [0.05, 0.1) is 38.5 Å². The van der Waals surface area contributed by atoms with Crippen molar-refractivity contribution in [2.24, 2.45) is 4.99 Å². The van der Waals surface area contributed by atoms with Gasteiger partial charge < -0.3 is 29.2 Å². The van der Waals surface area contributed by atoms with Gasteiger partial charge >= 0.3 is 5.97 Å². The van der Waals surface area contributed by atoms with Crippen LogP contribution in [0.3, 0.4) is 0 Å². The Morgan fingerprint density at radius 2 is 1.78 bits per heavy atom. The number of carbonyl (C=O) groups is 1. The summed E-state index contributed by atoms with van der Waals surface area (Å²) < 4.78 is 20.7. The number of phenols is 1. The van der Waals surface area contributed by atoms with Gasteiger partial charge in [0, 0.05) is 0 Å². The summed E-state index contributed by atoms with van der Waals surface area (Å²) in [5, 5.41) is 21.3. The van der Waals surface area contributed by atoms with E-state index in [1.54, 1.807) is 50.4 Å². The molecule has 1 aliphatic rings. The first-order valence-electron chi connectivity index (χ1n) is 9.60. The predicted molar refractivity (Wildman–Crippen MR) is 123 cm³/mol. The van der Waals surface area contributed by atoms with E-state index >= 15 is 0 Å². The molecule has 0 aliphatic carbocycles. The van der Waals surface area contributed by atoms with Gasteiger partial charge in [-0.2, -0.15) is 0 Å². The normalized spacial score (nSPS) is 15.9. The van der Waals surface area contributed by atoms with Crippen LogP contribution in [0.4, 0.5) is 5.69 Å². The highest BCUT2D eigenvalue weighted by Gasteiger charge is 2.33. The fraction of sp³-hybridized carbons (Fsp3) is 0.217. The number of hydrogen-bond acceptors (Lipinski definition) is 9. The van der Waals surface area contributed by atoms with Crippen molar-refractivity contribution in [3.8, 4) is 23.0 Å². The molecule has 1 aliphatic heterocycles. The van der Waals surface area contributed by atoms with Crippen LogP contribution in [0, 0.1) is 0 Å². The van der Waals surface area contributed by atoms with Crippen molar-refractivity contribution < 1.29 is 34.0 Å². The maximum atomic E-state index is 12.5. The summed E-state index contributed by atoms with van der Waals surface area (Å²) >= 11 is 1.11. The zero-order valence-electron chi connectivity index (χ0n) is 18.0. The zero-order chi connectivity index (χ0) is 23.3. The Morgan fingerprint density at radius 1 is 1.06 bits per heavy atom. The average Bonchev–Trinajstić information content (AvgIpc) is 3.08. The minimum absolute atomic E-state index is 0.0244. The number of nitrogens with zero attached hydrogens (tertiary/aromatic N) is 1. The standard InChI is InChI=1S/C23H23NO7S/c1-5-31-23(27)19-20(26)18(12-13-10-16(25)21(30-4)17(11-13)29-3)32-22(19)24-14-6-8-15(28-2)9-7-14/h6-12,25-26H,5H2,1-4H3/b18-12+,24-22?. The van der Waals surface area contributed by atoms with E-state index in [0.29, 0.717) is 32.7 Å². The quantitative estimate of drug-likeness (QED) is 0.581. The van der Waals surface area contributed by atoms with E-state index < -0.39 is 5.97 Å². The number of aliphatic hydroxyl groups excluding tert-OH is 1.